The predicted octanol–water partition coefficient (Wildman–Crippen LogP) is 18.8. The minimum absolute atomic E-state index is 0.0906. The van der Waals surface area contributed by atoms with Gasteiger partial charge in [-0.15, -0.1) is 0 Å². The number of rotatable bonds is 50. The van der Waals surface area contributed by atoms with Crippen molar-refractivity contribution < 1.29 is 28.6 Å². The van der Waals surface area contributed by atoms with E-state index in [4.69, 9.17) is 14.2 Å². The molecule has 0 amide bonds. The average molecular weight is 933 g/mol. The Kier molecular flexibility index (Phi) is 52.4. The van der Waals surface area contributed by atoms with Crippen molar-refractivity contribution in [3.8, 4) is 0 Å². The second-order valence-corrected chi connectivity index (χ2v) is 18.5. The number of esters is 3. The van der Waals surface area contributed by atoms with Gasteiger partial charge in [-0.2, -0.15) is 0 Å². The lowest BCUT2D eigenvalue weighted by molar-refractivity contribution is -0.167. The molecule has 6 nitrogen and oxygen atoms in total. The molecule has 0 aromatic rings. The first-order valence-corrected chi connectivity index (χ1v) is 28.1. The van der Waals surface area contributed by atoms with E-state index in [1.807, 2.05) is 30.4 Å². The van der Waals surface area contributed by atoms with Crippen LogP contribution in [0.2, 0.25) is 0 Å². The van der Waals surface area contributed by atoms with Crippen LogP contribution in [0.3, 0.4) is 0 Å². The van der Waals surface area contributed by atoms with Crippen molar-refractivity contribution in [3.05, 3.63) is 85.1 Å². The molecule has 6 heteroatoms. The van der Waals surface area contributed by atoms with E-state index < -0.39 is 6.10 Å². The second kappa shape index (κ2) is 55.2. The molecule has 384 valence electrons. The van der Waals surface area contributed by atoms with Gasteiger partial charge in [0.2, 0.25) is 0 Å². The Morgan fingerprint density at radius 3 is 1.10 bits per heavy atom. The lowest BCUT2D eigenvalue weighted by Crippen LogP contribution is -2.30. The fourth-order valence-electron chi connectivity index (χ4n) is 7.82. The highest BCUT2D eigenvalue weighted by atomic mass is 16.6. The van der Waals surface area contributed by atoms with Gasteiger partial charge in [-0.25, -0.2) is 0 Å². The van der Waals surface area contributed by atoms with Gasteiger partial charge in [-0.05, 0) is 70.6 Å². The Hall–Kier alpha value is -3.41. The minimum atomic E-state index is -0.793. The Bertz CT molecular complexity index is 1300. The molecular weight excluding hydrogens is 829 g/mol. The third kappa shape index (κ3) is 53.4. The van der Waals surface area contributed by atoms with Gasteiger partial charge in [0, 0.05) is 19.3 Å². The molecule has 0 aliphatic carbocycles. The monoisotopic (exact) mass is 933 g/mol. The molecule has 0 fully saturated rings. The molecule has 0 N–H and O–H groups in total. The maximum absolute atomic E-state index is 12.8. The van der Waals surface area contributed by atoms with Crippen LogP contribution < -0.4 is 0 Å². The minimum Gasteiger partial charge on any atom is -0.462 e. The van der Waals surface area contributed by atoms with E-state index in [0.717, 1.165) is 89.9 Å². The van der Waals surface area contributed by atoms with Crippen molar-refractivity contribution in [1.82, 2.24) is 0 Å². The van der Waals surface area contributed by atoms with Crippen molar-refractivity contribution in [2.24, 2.45) is 0 Å². The molecule has 0 heterocycles. The number of carbonyl (C=O) groups is 3. The summed E-state index contributed by atoms with van der Waals surface area (Å²) < 4.78 is 16.8. The molecule has 0 spiro atoms. The van der Waals surface area contributed by atoms with E-state index in [1.54, 1.807) is 0 Å². The number of carbonyl (C=O) groups excluding carboxylic acids is 3. The van der Waals surface area contributed by atoms with Crippen LogP contribution in [-0.2, 0) is 28.6 Å². The van der Waals surface area contributed by atoms with Gasteiger partial charge in [-0.3, -0.25) is 14.4 Å². The normalized spacial score (nSPS) is 12.7. The summed E-state index contributed by atoms with van der Waals surface area (Å²) in [5.41, 5.74) is 0. The number of unbranched alkanes of at least 4 members (excludes halogenated alkanes) is 28. The van der Waals surface area contributed by atoms with E-state index >= 15 is 0 Å². The topological polar surface area (TPSA) is 78.9 Å². The Balaban J connectivity index is 4.39. The van der Waals surface area contributed by atoms with E-state index in [0.29, 0.717) is 19.3 Å². The standard InChI is InChI=1S/C61H104O6/c1-4-7-10-13-16-19-22-25-27-29-30-32-33-36-39-42-45-48-51-54-60(63)66-57-58(56-65-59(62)53-50-47-44-41-38-35-24-21-18-15-12-9-6-3)67-61(64)55-52-49-46-43-40-37-34-31-28-26-23-20-17-14-11-8-5-2/h7,9-10,12,15-16,18-19,21,24-25,27,35,38,58H,4-6,8,11,13-14,17,20,22-23,26,28-34,36-37,39-57H2,1-3H3/b10-7-,12-9-,18-15-,19-16-,24-21-,27-25-,38-35-. The summed E-state index contributed by atoms with van der Waals surface area (Å²) in [6, 6.07) is 0. The first-order chi connectivity index (χ1) is 33.0. The maximum Gasteiger partial charge on any atom is 0.306 e. The molecule has 1 atom stereocenters. The maximum atomic E-state index is 12.8. The Labute approximate surface area is 414 Å². The summed E-state index contributed by atoms with van der Waals surface area (Å²) in [7, 11) is 0. The quantitative estimate of drug-likeness (QED) is 0.0199. The molecule has 0 aromatic carbocycles. The zero-order valence-electron chi connectivity index (χ0n) is 43.9. The zero-order valence-corrected chi connectivity index (χ0v) is 43.9. The van der Waals surface area contributed by atoms with Gasteiger partial charge in [0.1, 0.15) is 13.2 Å². The number of allylic oxidation sites excluding steroid dienone is 14. The zero-order chi connectivity index (χ0) is 48.6. The molecule has 1 unspecified atom stereocenters. The third-order valence-electron chi connectivity index (χ3n) is 12.0. The van der Waals surface area contributed by atoms with Crippen LogP contribution in [0.4, 0.5) is 0 Å². The van der Waals surface area contributed by atoms with E-state index in [1.165, 1.54) is 135 Å². The summed E-state index contributed by atoms with van der Waals surface area (Å²) in [5, 5.41) is 0. The summed E-state index contributed by atoms with van der Waals surface area (Å²) in [6.45, 7) is 6.37. The van der Waals surface area contributed by atoms with Crippen molar-refractivity contribution in [2.45, 2.75) is 271 Å². The lowest BCUT2D eigenvalue weighted by atomic mass is 10.0. The van der Waals surface area contributed by atoms with Crippen LogP contribution in [0.1, 0.15) is 265 Å². The fraction of sp³-hybridized carbons (Fsp3) is 0.721. The molecular formula is C61H104O6. The fourth-order valence-corrected chi connectivity index (χ4v) is 7.82. The molecule has 0 aliphatic heterocycles. The lowest BCUT2D eigenvalue weighted by Gasteiger charge is -2.18. The van der Waals surface area contributed by atoms with Gasteiger partial charge < -0.3 is 14.2 Å². The molecule has 0 aromatic heterocycles. The number of hydrogen-bond acceptors (Lipinski definition) is 6. The molecule has 0 saturated heterocycles. The highest BCUT2D eigenvalue weighted by Gasteiger charge is 2.19. The highest BCUT2D eigenvalue weighted by Crippen LogP contribution is 2.16. The van der Waals surface area contributed by atoms with Gasteiger partial charge in [-0.1, -0.05) is 260 Å². The van der Waals surface area contributed by atoms with Gasteiger partial charge >= 0.3 is 17.9 Å². The van der Waals surface area contributed by atoms with Crippen molar-refractivity contribution in [1.29, 1.82) is 0 Å². The van der Waals surface area contributed by atoms with Crippen molar-refractivity contribution >= 4 is 17.9 Å². The molecule has 0 saturated carbocycles. The van der Waals surface area contributed by atoms with Gasteiger partial charge in [0.25, 0.3) is 0 Å². The van der Waals surface area contributed by atoms with Gasteiger partial charge in [0.05, 0.1) is 0 Å². The van der Waals surface area contributed by atoms with Crippen LogP contribution >= 0.6 is 0 Å². The SMILES string of the molecule is CC\C=C/C=C\C=C/C=C\CCCCCC(=O)OCC(COC(=O)CCCCCCCCCCC/C=C\C/C=C\C/C=C\CC)OC(=O)CCCCCCCCCCCCCCCCCCC. The van der Waals surface area contributed by atoms with Crippen molar-refractivity contribution in [2.75, 3.05) is 13.2 Å². The molecule has 67 heavy (non-hydrogen) atoms. The summed E-state index contributed by atoms with van der Waals surface area (Å²) in [6.07, 6.45) is 71.5. The van der Waals surface area contributed by atoms with E-state index in [2.05, 4.69) is 75.5 Å². The van der Waals surface area contributed by atoms with Crippen LogP contribution in [0.25, 0.3) is 0 Å². The average Bonchev–Trinajstić information content (AvgIpc) is 3.33. The first kappa shape index (κ1) is 63.6. The molecule has 0 radical (unpaired) electrons. The highest BCUT2D eigenvalue weighted by molar-refractivity contribution is 5.71. The van der Waals surface area contributed by atoms with Crippen LogP contribution in [0.15, 0.2) is 85.1 Å². The van der Waals surface area contributed by atoms with E-state index in [9.17, 15) is 14.4 Å². The molecule has 0 aliphatic rings. The molecule has 0 bridgehead atoms. The Morgan fingerprint density at radius 1 is 0.328 bits per heavy atom. The smallest absolute Gasteiger partial charge is 0.306 e. The number of ether oxygens (including phenoxy) is 3. The summed E-state index contributed by atoms with van der Waals surface area (Å²) in [4.78, 5) is 38.1. The Morgan fingerprint density at radius 2 is 0.657 bits per heavy atom. The van der Waals surface area contributed by atoms with E-state index in [-0.39, 0.29) is 31.1 Å². The van der Waals surface area contributed by atoms with Crippen LogP contribution in [0.5, 0.6) is 0 Å². The first-order valence-electron chi connectivity index (χ1n) is 28.1. The van der Waals surface area contributed by atoms with Gasteiger partial charge in [0.15, 0.2) is 6.10 Å². The predicted molar refractivity (Wildman–Crippen MR) is 288 cm³/mol. The van der Waals surface area contributed by atoms with Crippen LogP contribution in [0, 0.1) is 0 Å². The third-order valence-corrected chi connectivity index (χ3v) is 12.0. The number of hydrogen-bond donors (Lipinski definition) is 0. The largest absolute Gasteiger partial charge is 0.462 e. The summed E-state index contributed by atoms with van der Waals surface area (Å²) >= 11 is 0. The second-order valence-electron chi connectivity index (χ2n) is 18.5. The van der Waals surface area contributed by atoms with Crippen molar-refractivity contribution in [3.63, 3.8) is 0 Å². The molecule has 0 rings (SSSR count). The summed E-state index contributed by atoms with van der Waals surface area (Å²) in [5.74, 6) is -0.929. The van der Waals surface area contributed by atoms with Crippen LogP contribution in [-0.4, -0.2) is 37.2 Å².